The van der Waals surface area contributed by atoms with E-state index in [9.17, 15) is 0 Å². The summed E-state index contributed by atoms with van der Waals surface area (Å²) in [4.78, 5) is 4.88. The third kappa shape index (κ3) is 2.42. The van der Waals surface area contributed by atoms with Crippen molar-refractivity contribution >= 4 is 44.7 Å². The Kier molecular flexibility index (Phi) is 3.70. The minimum atomic E-state index is -2.30. The van der Waals surface area contributed by atoms with E-state index in [1.54, 1.807) is 0 Å². The van der Waals surface area contributed by atoms with Crippen LogP contribution in [0.2, 0.25) is 0 Å². The molecule has 1 aromatic heterocycles. The van der Waals surface area contributed by atoms with E-state index >= 15 is 0 Å². The number of nitrogens with zero attached hydrogens (tertiary/aromatic N) is 1. The van der Waals surface area contributed by atoms with Crippen LogP contribution >= 0.6 is 6.04 Å². The van der Waals surface area contributed by atoms with Gasteiger partial charge in [0.15, 0.2) is 0 Å². The number of hydrogen-bond acceptors (Lipinski definition) is 4. The molecule has 4 aromatic carbocycles. The molecule has 5 aromatic rings. The van der Waals surface area contributed by atoms with Gasteiger partial charge in [-0.1, -0.05) is 60.3 Å². The molecule has 0 aliphatic carbocycles. The standard InChI is InChI=1S/C27H16NO2PS/c32-31-25-11-5-3-9-21(25)29-23-15-18(20-14-13-17-7-1-2-8-19(17)28-20)16-24(27(23)31)30-22-10-4-6-12-26(22)31/h1-16H. The Morgan fingerprint density at radius 2 is 1.22 bits per heavy atom. The van der Waals surface area contributed by atoms with Crippen LogP contribution in [-0.2, 0) is 11.8 Å². The highest BCUT2D eigenvalue weighted by atomic mass is 32.4. The number of fused-ring (bicyclic) bond motifs is 5. The highest BCUT2D eigenvalue weighted by molar-refractivity contribution is 8.26. The average molecular weight is 449 g/mol. The fraction of sp³-hybridized carbons (Fsp3) is 0. The Balaban J connectivity index is 1.51. The number of benzene rings is 4. The van der Waals surface area contributed by atoms with Gasteiger partial charge in [0.25, 0.3) is 0 Å². The zero-order valence-electron chi connectivity index (χ0n) is 16.9. The Labute approximate surface area is 190 Å². The van der Waals surface area contributed by atoms with Crippen molar-refractivity contribution in [3.63, 3.8) is 0 Å². The fourth-order valence-electron chi connectivity index (χ4n) is 4.64. The van der Waals surface area contributed by atoms with Crippen molar-refractivity contribution in [1.82, 2.24) is 4.98 Å². The molecule has 0 saturated heterocycles. The Morgan fingerprint density at radius 3 is 1.91 bits per heavy atom. The van der Waals surface area contributed by atoms with E-state index in [2.05, 4.69) is 36.4 Å². The molecule has 0 atom stereocenters. The largest absolute Gasteiger partial charge is 0.456 e. The van der Waals surface area contributed by atoms with Crippen LogP contribution in [0.15, 0.2) is 97.1 Å². The van der Waals surface area contributed by atoms with Crippen molar-refractivity contribution in [3.05, 3.63) is 97.1 Å². The first-order chi connectivity index (χ1) is 15.7. The van der Waals surface area contributed by atoms with Crippen molar-refractivity contribution in [2.45, 2.75) is 0 Å². The van der Waals surface area contributed by atoms with E-state index in [1.165, 1.54) is 0 Å². The Morgan fingerprint density at radius 1 is 0.625 bits per heavy atom. The van der Waals surface area contributed by atoms with E-state index in [-0.39, 0.29) is 0 Å². The average Bonchev–Trinajstić information content (AvgIpc) is 2.84. The first-order valence-corrected chi connectivity index (χ1v) is 13.2. The van der Waals surface area contributed by atoms with Gasteiger partial charge in [0.2, 0.25) is 0 Å². The highest BCUT2D eigenvalue weighted by Crippen LogP contribution is 2.59. The predicted molar refractivity (Wildman–Crippen MR) is 133 cm³/mol. The Bertz CT molecular complexity index is 1550. The van der Waals surface area contributed by atoms with Crippen molar-refractivity contribution in [3.8, 4) is 34.3 Å². The SMILES string of the molecule is S=P12c3ccccc3Oc3cc(-c4ccc5ccccc5n4)cc(c31)Oc1ccccc12. The van der Waals surface area contributed by atoms with Gasteiger partial charge in [-0.25, -0.2) is 4.98 Å². The molecule has 3 nitrogen and oxygen atoms in total. The van der Waals surface area contributed by atoms with Gasteiger partial charge in [0.1, 0.15) is 23.0 Å². The molecular formula is C27H16NO2PS. The smallest absolute Gasteiger partial charge is 0.140 e. The summed E-state index contributed by atoms with van der Waals surface area (Å²) in [7, 11) is 0. The maximum atomic E-state index is 6.52. The van der Waals surface area contributed by atoms with E-state index in [0.717, 1.165) is 61.1 Å². The summed E-state index contributed by atoms with van der Waals surface area (Å²) in [6.45, 7) is 0. The van der Waals surface area contributed by atoms with Crippen LogP contribution in [-0.4, -0.2) is 4.98 Å². The topological polar surface area (TPSA) is 31.4 Å². The Hall–Kier alpha value is -3.46. The number of hydrogen-bond donors (Lipinski definition) is 0. The van der Waals surface area contributed by atoms with E-state index < -0.39 is 6.04 Å². The van der Waals surface area contributed by atoms with Crippen LogP contribution in [0, 0.1) is 0 Å². The molecule has 0 radical (unpaired) electrons. The molecule has 0 saturated carbocycles. The molecule has 152 valence electrons. The molecule has 0 bridgehead atoms. The minimum absolute atomic E-state index is 0.768. The summed E-state index contributed by atoms with van der Waals surface area (Å²) in [5.41, 5.74) is 2.78. The molecule has 0 N–H and O–H groups in total. The maximum absolute atomic E-state index is 6.52. The molecule has 0 spiro atoms. The van der Waals surface area contributed by atoms with Crippen LogP contribution in [0.4, 0.5) is 0 Å². The third-order valence-electron chi connectivity index (χ3n) is 6.10. The van der Waals surface area contributed by atoms with Crippen LogP contribution in [0.5, 0.6) is 23.0 Å². The normalized spacial score (nSPS) is 14.5. The van der Waals surface area contributed by atoms with Crippen LogP contribution in [0.1, 0.15) is 0 Å². The lowest BCUT2D eigenvalue weighted by molar-refractivity contribution is 0.467. The summed E-state index contributed by atoms with van der Waals surface area (Å²) in [6, 6.07) is 30.3. The summed E-state index contributed by atoms with van der Waals surface area (Å²) >= 11 is 6.52. The molecule has 2 aliphatic rings. The van der Waals surface area contributed by atoms with Crippen LogP contribution < -0.4 is 25.4 Å². The number of para-hydroxylation sites is 3. The van der Waals surface area contributed by atoms with Crippen molar-refractivity contribution in [1.29, 1.82) is 0 Å². The third-order valence-corrected chi connectivity index (χ3v) is 11.0. The molecule has 2 aliphatic heterocycles. The van der Waals surface area contributed by atoms with Crippen LogP contribution in [0.3, 0.4) is 0 Å². The summed E-state index contributed by atoms with van der Waals surface area (Å²) < 4.78 is 12.8. The highest BCUT2D eigenvalue weighted by Gasteiger charge is 2.42. The van der Waals surface area contributed by atoms with E-state index in [1.807, 2.05) is 60.7 Å². The molecule has 32 heavy (non-hydrogen) atoms. The zero-order chi connectivity index (χ0) is 21.3. The molecule has 5 heteroatoms. The lowest BCUT2D eigenvalue weighted by Crippen LogP contribution is -2.34. The molecule has 3 heterocycles. The molecule has 7 rings (SSSR count). The van der Waals surface area contributed by atoms with Crippen molar-refractivity contribution in [2.75, 3.05) is 0 Å². The monoisotopic (exact) mass is 449 g/mol. The summed E-state index contributed by atoms with van der Waals surface area (Å²) in [5, 5.41) is 4.27. The van der Waals surface area contributed by atoms with Crippen LogP contribution in [0.25, 0.3) is 22.2 Å². The number of ether oxygens (including phenoxy) is 2. The van der Waals surface area contributed by atoms with Gasteiger partial charge in [-0.2, -0.15) is 0 Å². The second-order valence-electron chi connectivity index (χ2n) is 7.96. The predicted octanol–water partition coefficient (Wildman–Crippen LogP) is 5.87. The molecule has 0 unspecified atom stereocenters. The van der Waals surface area contributed by atoms with Gasteiger partial charge in [-0.3, -0.25) is 0 Å². The minimum Gasteiger partial charge on any atom is -0.456 e. The second-order valence-corrected chi connectivity index (χ2v) is 12.2. The lowest BCUT2D eigenvalue weighted by atomic mass is 10.1. The van der Waals surface area contributed by atoms with Gasteiger partial charge in [0.05, 0.1) is 22.6 Å². The fourth-order valence-corrected chi connectivity index (χ4v) is 9.12. The van der Waals surface area contributed by atoms with Gasteiger partial charge in [-0.05, 0) is 48.5 Å². The number of pyridine rings is 1. The number of rotatable bonds is 1. The first-order valence-electron chi connectivity index (χ1n) is 10.4. The van der Waals surface area contributed by atoms with Gasteiger partial charge in [0, 0.05) is 21.6 Å². The molecular weight excluding hydrogens is 433 g/mol. The maximum Gasteiger partial charge on any atom is 0.140 e. The van der Waals surface area contributed by atoms with E-state index in [0.29, 0.717) is 0 Å². The van der Waals surface area contributed by atoms with Gasteiger partial charge >= 0.3 is 0 Å². The molecule has 0 amide bonds. The summed E-state index contributed by atoms with van der Waals surface area (Å²) in [5.74, 6) is 3.19. The molecule has 0 fully saturated rings. The lowest BCUT2D eigenvalue weighted by Gasteiger charge is -2.37. The first kappa shape index (κ1) is 18.1. The van der Waals surface area contributed by atoms with Crippen molar-refractivity contribution < 1.29 is 9.47 Å². The number of aromatic nitrogens is 1. The van der Waals surface area contributed by atoms with E-state index in [4.69, 9.17) is 26.3 Å². The van der Waals surface area contributed by atoms with Gasteiger partial charge in [-0.15, -0.1) is 0 Å². The quantitative estimate of drug-likeness (QED) is 0.294. The summed E-state index contributed by atoms with van der Waals surface area (Å²) in [6.07, 6.45) is 0. The zero-order valence-corrected chi connectivity index (χ0v) is 18.6. The van der Waals surface area contributed by atoms with Gasteiger partial charge < -0.3 is 9.47 Å². The van der Waals surface area contributed by atoms with Crippen molar-refractivity contribution in [2.24, 2.45) is 0 Å². The second kappa shape index (κ2) is 6.52.